The third-order valence-electron chi connectivity index (χ3n) is 3.85. The zero-order valence-corrected chi connectivity index (χ0v) is 13.6. The SMILES string of the molecule is O=C(CN1CCCC1C(=O)NCC(F)(F)F)Nc1ccccc1[N+](=O)[O-]. The van der Waals surface area contributed by atoms with Crippen molar-refractivity contribution in [2.75, 3.05) is 25.0 Å². The van der Waals surface area contributed by atoms with E-state index in [1.807, 2.05) is 5.32 Å². The summed E-state index contributed by atoms with van der Waals surface area (Å²) in [6.45, 7) is -1.32. The summed E-state index contributed by atoms with van der Waals surface area (Å²) in [7, 11) is 0. The van der Waals surface area contributed by atoms with E-state index in [1.165, 1.54) is 29.2 Å². The number of para-hydroxylation sites is 2. The van der Waals surface area contributed by atoms with Crippen molar-refractivity contribution in [3.8, 4) is 0 Å². The summed E-state index contributed by atoms with van der Waals surface area (Å²) >= 11 is 0. The largest absolute Gasteiger partial charge is 0.405 e. The van der Waals surface area contributed by atoms with Gasteiger partial charge in [-0.25, -0.2) is 0 Å². The maximum atomic E-state index is 12.2. The average molecular weight is 374 g/mol. The molecule has 11 heteroatoms. The summed E-state index contributed by atoms with van der Waals surface area (Å²) < 4.78 is 36.6. The molecule has 26 heavy (non-hydrogen) atoms. The van der Waals surface area contributed by atoms with Gasteiger partial charge in [0.25, 0.3) is 5.69 Å². The van der Waals surface area contributed by atoms with E-state index in [2.05, 4.69) is 5.32 Å². The molecule has 1 heterocycles. The van der Waals surface area contributed by atoms with Crippen molar-refractivity contribution < 1.29 is 27.7 Å². The first-order valence-corrected chi connectivity index (χ1v) is 7.79. The quantitative estimate of drug-likeness (QED) is 0.582. The van der Waals surface area contributed by atoms with Crippen LogP contribution >= 0.6 is 0 Å². The summed E-state index contributed by atoms with van der Waals surface area (Å²) in [6, 6.07) is 4.74. The molecule has 0 aliphatic carbocycles. The Balaban J connectivity index is 1.95. The van der Waals surface area contributed by atoms with Gasteiger partial charge in [-0.05, 0) is 25.5 Å². The van der Waals surface area contributed by atoms with Crippen molar-refractivity contribution in [2.24, 2.45) is 0 Å². The number of amides is 2. The number of nitrogens with one attached hydrogen (secondary N) is 2. The third-order valence-corrected chi connectivity index (χ3v) is 3.85. The molecule has 0 saturated carbocycles. The second-order valence-corrected chi connectivity index (χ2v) is 5.78. The van der Waals surface area contributed by atoms with Gasteiger partial charge in [-0.3, -0.25) is 24.6 Å². The van der Waals surface area contributed by atoms with Crippen LogP contribution in [0.15, 0.2) is 24.3 Å². The van der Waals surface area contributed by atoms with Gasteiger partial charge in [-0.2, -0.15) is 13.2 Å². The normalized spacial score (nSPS) is 17.7. The smallest absolute Gasteiger partial charge is 0.346 e. The standard InChI is InChI=1S/C15H17F3N4O4/c16-15(17,18)9-19-14(24)12-6-3-7-21(12)8-13(23)20-10-4-1-2-5-11(10)22(25)26/h1-2,4-5,12H,3,6-9H2,(H,19,24)(H,20,23). The van der Waals surface area contributed by atoms with Crippen molar-refractivity contribution >= 4 is 23.2 Å². The molecule has 1 aliphatic heterocycles. The van der Waals surface area contributed by atoms with Gasteiger partial charge in [0.15, 0.2) is 0 Å². The van der Waals surface area contributed by atoms with Crippen LogP contribution in [0.5, 0.6) is 0 Å². The van der Waals surface area contributed by atoms with Gasteiger partial charge in [-0.1, -0.05) is 12.1 Å². The van der Waals surface area contributed by atoms with Gasteiger partial charge in [-0.15, -0.1) is 0 Å². The number of nitro benzene ring substituents is 1. The van der Waals surface area contributed by atoms with E-state index in [1.54, 1.807) is 0 Å². The van der Waals surface area contributed by atoms with Gasteiger partial charge >= 0.3 is 6.18 Å². The number of alkyl halides is 3. The third kappa shape index (κ3) is 5.41. The molecule has 1 atom stereocenters. The van der Waals surface area contributed by atoms with E-state index >= 15 is 0 Å². The summed E-state index contributed by atoms with van der Waals surface area (Å²) in [5.74, 6) is -1.38. The van der Waals surface area contributed by atoms with E-state index in [0.717, 1.165) is 0 Å². The fourth-order valence-electron chi connectivity index (χ4n) is 2.73. The number of rotatable bonds is 6. The molecule has 1 aromatic rings. The Bertz CT molecular complexity index is 696. The summed E-state index contributed by atoms with van der Waals surface area (Å²) in [5, 5.41) is 15.2. The Hall–Kier alpha value is -2.69. The van der Waals surface area contributed by atoms with E-state index in [4.69, 9.17) is 0 Å². The van der Waals surface area contributed by atoms with Crippen LogP contribution in [0.3, 0.4) is 0 Å². The number of nitro groups is 1. The van der Waals surface area contributed by atoms with E-state index in [-0.39, 0.29) is 17.9 Å². The predicted molar refractivity (Wildman–Crippen MR) is 85.4 cm³/mol. The van der Waals surface area contributed by atoms with Gasteiger partial charge in [0, 0.05) is 6.07 Å². The molecule has 0 spiro atoms. The molecule has 1 unspecified atom stereocenters. The van der Waals surface area contributed by atoms with Crippen LogP contribution in [-0.2, 0) is 9.59 Å². The highest BCUT2D eigenvalue weighted by Gasteiger charge is 2.35. The van der Waals surface area contributed by atoms with Gasteiger partial charge < -0.3 is 10.6 Å². The maximum absolute atomic E-state index is 12.2. The first-order valence-electron chi connectivity index (χ1n) is 7.79. The molecule has 2 rings (SSSR count). The molecular formula is C15H17F3N4O4. The molecule has 8 nitrogen and oxygen atoms in total. The molecule has 2 N–H and O–H groups in total. The van der Waals surface area contributed by atoms with Crippen LogP contribution in [0.25, 0.3) is 0 Å². The number of likely N-dealkylation sites (tertiary alicyclic amines) is 1. The molecule has 0 bridgehead atoms. The van der Waals surface area contributed by atoms with Crippen molar-refractivity contribution in [2.45, 2.75) is 25.1 Å². The number of benzene rings is 1. The lowest BCUT2D eigenvalue weighted by Gasteiger charge is -2.23. The Labute approximate surface area is 146 Å². The van der Waals surface area contributed by atoms with Crippen molar-refractivity contribution in [3.63, 3.8) is 0 Å². The molecule has 1 fully saturated rings. The summed E-state index contributed by atoms with van der Waals surface area (Å²) in [4.78, 5) is 35.8. The Kier molecular flexibility index (Phi) is 6.14. The van der Waals surface area contributed by atoms with Gasteiger partial charge in [0.05, 0.1) is 17.5 Å². The zero-order valence-electron chi connectivity index (χ0n) is 13.6. The van der Waals surface area contributed by atoms with Gasteiger partial charge in [0.2, 0.25) is 11.8 Å². The predicted octanol–water partition coefficient (Wildman–Crippen LogP) is 1.68. The second kappa shape index (κ2) is 8.13. The minimum Gasteiger partial charge on any atom is -0.346 e. The Morgan fingerprint density at radius 2 is 2.00 bits per heavy atom. The Morgan fingerprint density at radius 3 is 2.65 bits per heavy atom. The van der Waals surface area contributed by atoms with Gasteiger partial charge in [0.1, 0.15) is 12.2 Å². The van der Waals surface area contributed by atoms with E-state index in [0.29, 0.717) is 19.4 Å². The molecule has 2 amide bonds. The molecular weight excluding hydrogens is 357 g/mol. The highest BCUT2D eigenvalue weighted by molar-refractivity contribution is 5.95. The Morgan fingerprint density at radius 1 is 1.31 bits per heavy atom. The topological polar surface area (TPSA) is 105 Å². The summed E-state index contributed by atoms with van der Waals surface area (Å²) in [6.07, 6.45) is -3.62. The average Bonchev–Trinajstić information content (AvgIpc) is 3.00. The van der Waals surface area contributed by atoms with Crippen LogP contribution in [-0.4, -0.2) is 53.5 Å². The number of carbonyl (C=O) groups excluding carboxylic acids is 2. The van der Waals surface area contributed by atoms with Crippen LogP contribution in [0.1, 0.15) is 12.8 Å². The number of hydrogen-bond donors (Lipinski definition) is 2. The molecule has 1 aliphatic rings. The summed E-state index contributed by atoms with van der Waals surface area (Å²) in [5.41, 5.74) is -0.262. The minimum atomic E-state index is -4.51. The first kappa shape index (κ1) is 19.6. The molecule has 1 aromatic carbocycles. The first-order chi connectivity index (χ1) is 12.2. The molecule has 0 radical (unpaired) electrons. The van der Waals surface area contributed by atoms with Crippen molar-refractivity contribution in [1.82, 2.24) is 10.2 Å². The van der Waals surface area contributed by atoms with Crippen molar-refractivity contribution in [3.05, 3.63) is 34.4 Å². The van der Waals surface area contributed by atoms with Crippen molar-refractivity contribution in [1.29, 1.82) is 0 Å². The second-order valence-electron chi connectivity index (χ2n) is 5.78. The minimum absolute atomic E-state index is 0.0137. The number of nitrogens with zero attached hydrogens (tertiary/aromatic N) is 2. The fourth-order valence-corrected chi connectivity index (χ4v) is 2.73. The fraction of sp³-hybridized carbons (Fsp3) is 0.467. The maximum Gasteiger partial charge on any atom is 0.405 e. The lowest BCUT2D eigenvalue weighted by Crippen LogP contribution is -2.47. The highest BCUT2D eigenvalue weighted by atomic mass is 19.4. The number of anilines is 1. The molecule has 0 aromatic heterocycles. The van der Waals surface area contributed by atoms with Crippen LogP contribution < -0.4 is 10.6 Å². The zero-order chi connectivity index (χ0) is 19.3. The molecule has 1 saturated heterocycles. The lowest BCUT2D eigenvalue weighted by molar-refractivity contribution is -0.383. The highest BCUT2D eigenvalue weighted by Crippen LogP contribution is 2.24. The van der Waals surface area contributed by atoms with Crippen LogP contribution in [0.4, 0.5) is 24.5 Å². The van der Waals surface area contributed by atoms with E-state index < -0.39 is 35.5 Å². The lowest BCUT2D eigenvalue weighted by atomic mass is 10.2. The number of hydrogen-bond acceptors (Lipinski definition) is 5. The van der Waals surface area contributed by atoms with Crippen LogP contribution in [0.2, 0.25) is 0 Å². The van der Waals surface area contributed by atoms with Crippen LogP contribution in [0, 0.1) is 10.1 Å². The number of halogens is 3. The van der Waals surface area contributed by atoms with E-state index in [9.17, 15) is 32.9 Å². The molecule has 142 valence electrons. The monoisotopic (exact) mass is 374 g/mol. The number of carbonyl (C=O) groups is 2.